The summed E-state index contributed by atoms with van der Waals surface area (Å²) in [5.41, 5.74) is 7.56. The zero-order valence-electron chi connectivity index (χ0n) is 6.14. The van der Waals surface area contributed by atoms with Crippen molar-refractivity contribution in [1.29, 1.82) is 0 Å². The van der Waals surface area contributed by atoms with Gasteiger partial charge < -0.3 is 0 Å². The van der Waals surface area contributed by atoms with Gasteiger partial charge in [0.25, 0.3) is 0 Å². The summed E-state index contributed by atoms with van der Waals surface area (Å²) in [5.74, 6) is 0. The van der Waals surface area contributed by atoms with Crippen molar-refractivity contribution in [2.45, 2.75) is 0 Å². The van der Waals surface area contributed by atoms with Crippen LogP contribution in [-0.4, -0.2) is 8.07 Å². The van der Waals surface area contributed by atoms with Gasteiger partial charge in [0, 0.05) is 7.43 Å². The molecule has 0 fully saturated rings. The van der Waals surface area contributed by atoms with Gasteiger partial charge in [-0.1, -0.05) is 22.8 Å². The van der Waals surface area contributed by atoms with Gasteiger partial charge in [-0.15, -0.1) is 26.3 Å². The third-order valence-corrected chi connectivity index (χ3v) is 4.24. The molecule has 0 saturated carbocycles. The van der Waals surface area contributed by atoms with E-state index in [4.69, 9.17) is 0 Å². The predicted molar refractivity (Wildman–Crippen MR) is 49.8 cm³/mol. The molecule has 0 heterocycles. The highest BCUT2D eigenvalue weighted by atomic mass is 28.3. The number of rotatable bonds is 4. The average Bonchev–Trinajstić information content (AvgIpc) is 1.95. The Morgan fingerprint density at radius 3 is 0.900 bits per heavy atom. The molecule has 0 bridgehead atoms. The number of hydrogen-bond donors (Lipinski definition) is 0. The summed E-state index contributed by atoms with van der Waals surface area (Å²) in [4.78, 5) is 0. The van der Waals surface area contributed by atoms with E-state index in [0.717, 1.165) is 0 Å². The maximum absolute atomic E-state index is 3.69. The minimum absolute atomic E-state index is 0. The Labute approximate surface area is 65.3 Å². The molecular formula is C9H12Si. The second kappa shape index (κ2) is 5.00. The quantitative estimate of drug-likeness (QED) is 0.537. The molecule has 0 aliphatic carbocycles. The molecule has 0 unspecified atom stereocenters. The van der Waals surface area contributed by atoms with Gasteiger partial charge in [0.1, 0.15) is 8.07 Å². The minimum atomic E-state index is -1.64. The molecule has 0 rings (SSSR count). The Bertz CT molecular complexity index is 107. The van der Waals surface area contributed by atoms with Crippen LogP contribution >= 0.6 is 0 Å². The SMILES string of the molecule is C=C[Si](C=C)(C=C)C=C.[C]. The Balaban J connectivity index is 0. The third-order valence-electron chi connectivity index (χ3n) is 1.41. The van der Waals surface area contributed by atoms with Gasteiger partial charge in [-0.25, -0.2) is 0 Å². The lowest BCUT2D eigenvalue weighted by molar-refractivity contribution is 2.08. The normalized spacial score (nSPS) is 8.80. The van der Waals surface area contributed by atoms with E-state index in [1.807, 2.05) is 22.8 Å². The van der Waals surface area contributed by atoms with Crippen molar-refractivity contribution in [2.24, 2.45) is 0 Å². The van der Waals surface area contributed by atoms with Gasteiger partial charge in [0.2, 0.25) is 0 Å². The lowest BCUT2D eigenvalue weighted by Gasteiger charge is -2.11. The van der Waals surface area contributed by atoms with E-state index >= 15 is 0 Å². The summed E-state index contributed by atoms with van der Waals surface area (Å²) in [6.07, 6.45) is 0. The molecule has 0 N–H and O–H groups in total. The van der Waals surface area contributed by atoms with Crippen LogP contribution in [0.15, 0.2) is 49.1 Å². The largest absolute Gasteiger partial charge is 0.148 e. The van der Waals surface area contributed by atoms with Crippen LogP contribution in [0.3, 0.4) is 0 Å². The highest BCUT2D eigenvalue weighted by Crippen LogP contribution is 2.06. The summed E-state index contributed by atoms with van der Waals surface area (Å²) in [5, 5.41) is 0. The summed E-state index contributed by atoms with van der Waals surface area (Å²) >= 11 is 0. The zero-order chi connectivity index (χ0) is 7.33. The second-order valence-corrected chi connectivity index (χ2v) is 5.45. The Morgan fingerprint density at radius 1 is 0.700 bits per heavy atom. The fourth-order valence-corrected chi connectivity index (χ4v) is 1.50. The van der Waals surface area contributed by atoms with Crippen LogP contribution in [0.4, 0.5) is 0 Å². The molecule has 0 nitrogen and oxygen atoms in total. The lowest BCUT2D eigenvalue weighted by Crippen LogP contribution is -2.22. The monoisotopic (exact) mass is 148 g/mol. The molecule has 0 amide bonds. The summed E-state index contributed by atoms with van der Waals surface area (Å²) in [6, 6.07) is 0. The van der Waals surface area contributed by atoms with Crippen LogP contribution in [-0.2, 0) is 0 Å². The van der Waals surface area contributed by atoms with Gasteiger partial charge in [0.15, 0.2) is 0 Å². The maximum atomic E-state index is 3.69. The molecule has 0 aromatic heterocycles. The van der Waals surface area contributed by atoms with E-state index in [9.17, 15) is 0 Å². The Hall–Kier alpha value is -0.823. The van der Waals surface area contributed by atoms with E-state index in [2.05, 4.69) is 26.3 Å². The van der Waals surface area contributed by atoms with Crippen molar-refractivity contribution >= 4 is 8.07 Å². The first kappa shape index (κ1) is 11.9. The van der Waals surface area contributed by atoms with Gasteiger partial charge in [-0.2, -0.15) is 0 Å². The van der Waals surface area contributed by atoms with Crippen LogP contribution in [0.5, 0.6) is 0 Å². The van der Waals surface area contributed by atoms with Crippen LogP contribution < -0.4 is 0 Å². The smallest absolute Gasteiger partial charge is 0.106 e. The van der Waals surface area contributed by atoms with Gasteiger partial charge >= 0.3 is 0 Å². The highest BCUT2D eigenvalue weighted by Gasteiger charge is 2.14. The van der Waals surface area contributed by atoms with Crippen LogP contribution in [0.1, 0.15) is 0 Å². The van der Waals surface area contributed by atoms with E-state index in [1.54, 1.807) is 0 Å². The third kappa shape index (κ3) is 2.19. The summed E-state index contributed by atoms with van der Waals surface area (Å²) in [7, 11) is -1.64. The average molecular weight is 148 g/mol. The molecule has 0 saturated heterocycles. The highest BCUT2D eigenvalue weighted by molar-refractivity contribution is 6.97. The number of hydrogen-bond acceptors (Lipinski definition) is 0. The molecule has 0 aromatic rings. The predicted octanol–water partition coefficient (Wildman–Crippen LogP) is 2.42. The van der Waals surface area contributed by atoms with Gasteiger partial charge in [-0.3, -0.25) is 0 Å². The molecule has 52 valence electrons. The summed E-state index contributed by atoms with van der Waals surface area (Å²) < 4.78 is 0. The van der Waals surface area contributed by atoms with Crippen molar-refractivity contribution in [3.05, 3.63) is 56.5 Å². The van der Waals surface area contributed by atoms with Crippen molar-refractivity contribution in [2.75, 3.05) is 0 Å². The molecule has 0 aromatic carbocycles. The van der Waals surface area contributed by atoms with E-state index in [0.29, 0.717) is 0 Å². The fraction of sp³-hybridized carbons (Fsp3) is 0. The topological polar surface area (TPSA) is 0 Å². The fourth-order valence-electron chi connectivity index (χ4n) is 0.500. The first-order valence-corrected chi connectivity index (χ1v) is 5.10. The molecule has 0 atom stereocenters. The van der Waals surface area contributed by atoms with Crippen molar-refractivity contribution < 1.29 is 0 Å². The van der Waals surface area contributed by atoms with E-state index in [1.165, 1.54) is 0 Å². The first-order chi connectivity index (χ1) is 4.24. The van der Waals surface area contributed by atoms with Crippen LogP contribution in [0, 0.1) is 7.43 Å². The van der Waals surface area contributed by atoms with Crippen LogP contribution in [0.2, 0.25) is 0 Å². The van der Waals surface area contributed by atoms with Gasteiger partial charge in [0.05, 0.1) is 0 Å². The second-order valence-electron chi connectivity index (χ2n) is 1.82. The molecule has 0 spiro atoms. The minimum Gasteiger partial charge on any atom is -0.106 e. The van der Waals surface area contributed by atoms with Crippen molar-refractivity contribution in [1.82, 2.24) is 0 Å². The summed E-state index contributed by atoms with van der Waals surface area (Å²) in [6.45, 7) is 14.8. The molecule has 0 aliphatic rings. The van der Waals surface area contributed by atoms with E-state index < -0.39 is 8.07 Å². The molecule has 0 aliphatic heterocycles. The maximum Gasteiger partial charge on any atom is 0.148 e. The molecule has 10 heavy (non-hydrogen) atoms. The zero-order valence-corrected chi connectivity index (χ0v) is 7.14. The van der Waals surface area contributed by atoms with Crippen molar-refractivity contribution in [3.63, 3.8) is 0 Å². The standard InChI is InChI=1S/C8H12Si.C/c1-5-9(6-2,7-3)8-4;/h5-8H,1-4H2;. The van der Waals surface area contributed by atoms with E-state index in [-0.39, 0.29) is 7.43 Å². The Morgan fingerprint density at radius 2 is 0.900 bits per heavy atom. The molecule has 4 radical (unpaired) electrons. The lowest BCUT2D eigenvalue weighted by atomic mass is 11.2. The first-order valence-electron chi connectivity index (χ1n) is 2.79. The van der Waals surface area contributed by atoms with Crippen LogP contribution in [0.25, 0.3) is 0 Å². The molecular weight excluding hydrogens is 136 g/mol. The molecule has 1 heteroatoms. The van der Waals surface area contributed by atoms with Gasteiger partial charge in [-0.05, 0) is 0 Å². The Kier molecular flexibility index (Phi) is 5.96. The van der Waals surface area contributed by atoms with Crippen molar-refractivity contribution in [3.8, 4) is 0 Å².